The van der Waals surface area contributed by atoms with Gasteiger partial charge in [-0.05, 0) is 42.7 Å². The molecule has 19 heavy (non-hydrogen) atoms. The standard InChI is InChI=1S/C16H17FOS/c1-11-5-3-4-6-14(11)10-19-16-8-7-13(12(2)18)9-15(16)17/h3-9,12,18H,10H2,1-2H3/t12-/m1/s1. The number of hydrogen-bond acceptors (Lipinski definition) is 2. The van der Waals surface area contributed by atoms with Crippen molar-refractivity contribution in [2.75, 3.05) is 0 Å². The molecule has 1 atom stereocenters. The van der Waals surface area contributed by atoms with Gasteiger partial charge in [-0.1, -0.05) is 30.3 Å². The lowest BCUT2D eigenvalue weighted by Gasteiger charge is -2.09. The summed E-state index contributed by atoms with van der Waals surface area (Å²) in [7, 11) is 0. The Morgan fingerprint density at radius 2 is 1.95 bits per heavy atom. The Hall–Kier alpha value is -1.32. The summed E-state index contributed by atoms with van der Waals surface area (Å²) in [5.41, 5.74) is 3.04. The van der Waals surface area contributed by atoms with Crippen LogP contribution in [0, 0.1) is 12.7 Å². The van der Waals surface area contributed by atoms with Crippen LogP contribution in [0.25, 0.3) is 0 Å². The van der Waals surface area contributed by atoms with E-state index < -0.39 is 6.10 Å². The van der Waals surface area contributed by atoms with Gasteiger partial charge in [-0.2, -0.15) is 0 Å². The number of aryl methyl sites for hydroxylation is 1. The van der Waals surface area contributed by atoms with Gasteiger partial charge < -0.3 is 5.11 Å². The maximum Gasteiger partial charge on any atom is 0.137 e. The van der Waals surface area contributed by atoms with Crippen molar-refractivity contribution in [1.82, 2.24) is 0 Å². The Morgan fingerprint density at radius 3 is 2.58 bits per heavy atom. The molecule has 2 aromatic rings. The average molecular weight is 276 g/mol. The molecule has 1 N–H and O–H groups in total. The number of thioether (sulfide) groups is 1. The SMILES string of the molecule is Cc1ccccc1CSc1ccc([C@@H](C)O)cc1F. The summed E-state index contributed by atoms with van der Waals surface area (Å²) in [6.07, 6.45) is -0.634. The van der Waals surface area contributed by atoms with E-state index in [2.05, 4.69) is 19.1 Å². The van der Waals surface area contributed by atoms with Crippen molar-refractivity contribution in [3.63, 3.8) is 0 Å². The fraction of sp³-hybridized carbons (Fsp3) is 0.250. The molecule has 2 aromatic carbocycles. The van der Waals surface area contributed by atoms with E-state index in [1.807, 2.05) is 12.1 Å². The number of aliphatic hydroxyl groups is 1. The van der Waals surface area contributed by atoms with Gasteiger partial charge in [-0.25, -0.2) is 4.39 Å². The number of halogens is 1. The Bertz CT molecular complexity index is 566. The van der Waals surface area contributed by atoms with Crippen LogP contribution in [0.15, 0.2) is 47.4 Å². The molecule has 0 aliphatic heterocycles. The normalized spacial score (nSPS) is 12.4. The van der Waals surface area contributed by atoms with E-state index in [-0.39, 0.29) is 5.82 Å². The molecule has 0 fully saturated rings. The zero-order chi connectivity index (χ0) is 13.8. The van der Waals surface area contributed by atoms with Crippen molar-refractivity contribution >= 4 is 11.8 Å². The van der Waals surface area contributed by atoms with Gasteiger partial charge in [0.15, 0.2) is 0 Å². The van der Waals surface area contributed by atoms with Gasteiger partial charge in [-0.3, -0.25) is 0 Å². The molecular formula is C16H17FOS. The molecule has 2 rings (SSSR count). The van der Waals surface area contributed by atoms with Crippen molar-refractivity contribution in [1.29, 1.82) is 0 Å². The minimum atomic E-state index is -0.634. The van der Waals surface area contributed by atoms with E-state index in [0.717, 1.165) is 5.75 Å². The largest absolute Gasteiger partial charge is 0.389 e. The Kier molecular flexibility index (Phi) is 4.61. The number of aliphatic hydroxyl groups excluding tert-OH is 1. The smallest absolute Gasteiger partial charge is 0.137 e. The summed E-state index contributed by atoms with van der Waals surface area (Å²) in [6, 6.07) is 13.0. The second kappa shape index (κ2) is 6.22. The highest BCUT2D eigenvalue weighted by Crippen LogP contribution is 2.28. The maximum atomic E-state index is 13.9. The van der Waals surface area contributed by atoms with Gasteiger partial charge in [-0.15, -0.1) is 11.8 Å². The molecule has 1 nitrogen and oxygen atoms in total. The molecule has 0 aliphatic carbocycles. The lowest BCUT2D eigenvalue weighted by molar-refractivity contribution is 0.198. The molecule has 0 unspecified atom stereocenters. The van der Waals surface area contributed by atoms with Gasteiger partial charge in [0, 0.05) is 10.6 Å². The van der Waals surface area contributed by atoms with Crippen LogP contribution in [0.3, 0.4) is 0 Å². The van der Waals surface area contributed by atoms with Crippen molar-refractivity contribution in [2.45, 2.75) is 30.6 Å². The summed E-state index contributed by atoms with van der Waals surface area (Å²) in [6.45, 7) is 3.69. The molecule has 0 saturated heterocycles. The first kappa shape index (κ1) is 14.1. The summed E-state index contributed by atoms with van der Waals surface area (Å²) < 4.78 is 13.9. The lowest BCUT2D eigenvalue weighted by Crippen LogP contribution is -1.93. The quantitative estimate of drug-likeness (QED) is 0.831. The van der Waals surface area contributed by atoms with Crippen LogP contribution in [-0.4, -0.2) is 5.11 Å². The van der Waals surface area contributed by atoms with Crippen molar-refractivity contribution in [3.05, 3.63) is 65.0 Å². The predicted octanol–water partition coefficient (Wildman–Crippen LogP) is 4.48. The monoisotopic (exact) mass is 276 g/mol. The van der Waals surface area contributed by atoms with Crippen LogP contribution in [0.4, 0.5) is 4.39 Å². The van der Waals surface area contributed by atoms with E-state index in [1.165, 1.54) is 29.0 Å². The Labute approximate surface area is 117 Å². The molecule has 0 aromatic heterocycles. The minimum absolute atomic E-state index is 0.267. The number of benzene rings is 2. The minimum Gasteiger partial charge on any atom is -0.389 e. The van der Waals surface area contributed by atoms with E-state index >= 15 is 0 Å². The molecule has 0 heterocycles. The lowest BCUT2D eigenvalue weighted by atomic mass is 10.1. The Morgan fingerprint density at radius 1 is 1.21 bits per heavy atom. The van der Waals surface area contributed by atoms with Crippen LogP contribution in [0.5, 0.6) is 0 Å². The molecule has 3 heteroatoms. The summed E-state index contributed by atoms with van der Waals surface area (Å²) in [4.78, 5) is 0.618. The number of hydrogen-bond donors (Lipinski definition) is 1. The third kappa shape index (κ3) is 3.58. The number of rotatable bonds is 4. The summed E-state index contributed by atoms with van der Waals surface area (Å²) in [5, 5.41) is 9.41. The average Bonchev–Trinajstić information content (AvgIpc) is 2.39. The highest BCUT2D eigenvalue weighted by molar-refractivity contribution is 7.98. The molecule has 0 bridgehead atoms. The maximum absolute atomic E-state index is 13.9. The van der Waals surface area contributed by atoms with Crippen LogP contribution < -0.4 is 0 Å². The van der Waals surface area contributed by atoms with Crippen LogP contribution >= 0.6 is 11.8 Å². The van der Waals surface area contributed by atoms with Crippen molar-refractivity contribution < 1.29 is 9.50 Å². The summed E-state index contributed by atoms with van der Waals surface area (Å²) >= 11 is 1.48. The van der Waals surface area contributed by atoms with Gasteiger partial charge in [0.2, 0.25) is 0 Å². The highest BCUT2D eigenvalue weighted by atomic mass is 32.2. The molecule has 0 amide bonds. The summed E-state index contributed by atoms with van der Waals surface area (Å²) in [5.74, 6) is 0.481. The van der Waals surface area contributed by atoms with Gasteiger partial charge in [0.25, 0.3) is 0 Å². The first-order valence-corrected chi connectivity index (χ1v) is 7.21. The molecule has 0 aliphatic rings. The van der Waals surface area contributed by atoms with E-state index in [1.54, 1.807) is 19.1 Å². The third-order valence-corrected chi connectivity index (χ3v) is 4.18. The first-order chi connectivity index (χ1) is 9.08. The molecule has 100 valence electrons. The van der Waals surface area contributed by atoms with Gasteiger partial charge >= 0.3 is 0 Å². The van der Waals surface area contributed by atoms with Crippen molar-refractivity contribution in [3.8, 4) is 0 Å². The predicted molar refractivity (Wildman–Crippen MR) is 77.8 cm³/mol. The van der Waals surface area contributed by atoms with Gasteiger partial charge in [0.1, 0.15) is 5.82 Å². The first-order valence-electron chi connectivity index (χ1n) is 6.22. The second-order valence-electron chi connectivity index (χ2n) is 4.58. The highest BCUT2D eigenvalue weighted by Gasteiger charge is 2.08. The van der Waals surface area contributed by atoms with E-state index in [4.69, 9.17) is 0 Å². The zero-order valence-electron chi connectivity index (χ0n) is 11.1. The zero-order valence-corrected chi connectivity index (χ0v) is 11.9. The topological polar surface area (TPSA) is 20.2 Å². The molecule has 0 saturated carbocycles. The van der Waals surface area contributed by atoms with Crippen LogP contribution in [0.1, 0.15) is 29.7 Å². The fourth-order valence-corrected chi connectivity index (χ4v) is 2.82. The van der Waals surface area contributed by atoms with E-state index in [9.17, 15) is 9.50 Å². The molecule has 0 spiro atoms. The fourth-order valence-electron chi connectivity index (χ4n) is 1.82. The van der Waals surface area contributed by atoms with Crippen LogP contribution in [-0.2, 0) is 5.75 Å². The van der Waals surface area contributed by atoms with E-state index in [0.29, 0.717) is 10.5 Å². The van der Waals surface area contributed by atoms with Crippen LogP contribution in [0.2, 0.25) is 0 Å². The third-order valence-electron chi connectivity index (χ3n) is 3.08. The molecular weight excluding hydrogens is 259 g/mol. The van der Waals surface area contributed by atoms with Crippen molar-refractivity contribution in [2.24, 2.45) is 0 Å². The second-order valence-corrected chi connectivity index (χ2v) is 5.60. The molecule has 0 radical (unpaired) electrons. The van der Waals surface area contributed by atoms with Gasteiger partial charge in [0.05, 0.1) is 6.10 Å². The Balaban J connectivity index is 2.10.